The van der Waals surface area contributed by atoms with Crippen molar-refractivity contribution in [2.75, 3.05) is 5.75 Å². The minimum Gasteiger partial charge on any atom is -0.455 e. The third-order valence-electron chi connectivity index (χ3n) is 20.0. The predicted molar refractivity (Wildman–Crippen MR) is 449 cm³/mol. The molecule has 0 aromatic carbocycles. The fourth-order valence-corrected chi connectivity index (χ4v) is 18.5. The first-order valence-electron chi connectivity index (χ1n) is 37.5. The first kappa shape index (κ1) is 93.3. The number of aliphatic hydroxyl groups excluding tert-OH is 4. The molecule has 5 aliphatic rings. The molecular formula is C75H88N20O20S7. The summed E-state index contributed by atoms with van der Waals surface area (Å²) in [6, 6.07) is -11.6. The van der Waals surface area contributed by atoms with Crippen LogP contribution < -0.4 is 64.2 Å². The third-order valence-corrected chi connectivity index (χ3v) is 26.7. The van der Waals surface area contributed by atoms with Crippen LogP contribution in [0, 0.1) is 5.92 Å². The predicted octanol–water partition coefficient (Wildman–Crippen LogP) is 0.887. The maximum Gasteiger partial charge on any atom is 0.357 e. The van der Waals surface area contributed by atoms with Crippen molar-refractivity contribution in [1.29, 1.82) is 0 Å². The number of pyridine rings is 1. The largest absolute Gasteiger partial charge is 0.455 e. The lowest BCUT2D eigenvalue weighted by atomic mass is 9.80. The number of fused-ring (bicyclic) bond motifs is 7. The van der Waals surface area contributed by atoms with Crippen molar-refractivity contribution in [2.45, 2.75) is 189 Å². The zero-order valence-electron chi connectivity index (χ0n) is 66.8. The number of cyclic esters (lactones) is 1. The highest BCUT2D eigenvalue weighted by Crippen LogP contribution is 2.48. The van der Waals surface area contributed by atoms with E-state index in [9.17, 15) is 77.1 Å². The van der Waals surface area contributed by atoms with E-state index in [1.807, 2.05) is 0 Å². The number of nitrogens with zero attached hydrogens (tertiary/aromatic N) is 8. The number of amides is 11. The molecule has 11 amide bonds. The minimum absolute atomic E-state index is 0.0158. The van der Waals surface area contributed by atoms with E-state index in [0.29, 0.717) is 6.42 Å². The van der Waals surface area contributed by atoms with Gasteiger partial charge < -0.3 is 89.2 Å². The molecule has 650 valence electrons. The Bertz CT molecular complexity index is 5370. The quantitative estimate of drug-likeness (QED) is 0.0434. The highest BCUT2D eigenvalue weighted by Gasteiger charge is 2.51. The van der Waals surface area contributed by atoms with E-state index in [2.05, 4.69) is 103 Å². The van der Waals surface area contributed by atoms with Crippen molar-refractivity contribution in [3.8, 4) is 0 Å². The summed E-state index contributed by atoms with van der Waals surface area (Å²) in [5.74, 6) is -12.2. The number of thiazole rings is 5. The summed E-state index contributed by atoms with van der Waals surface area (Å²) in [7, 11) is -2.45. The number of thiol groups is 1. The average Bonchev–Trinajstić information content (AvgIpc) is 1.06. The molecule has 0 fully saturated rings. The fraction of sp³-hybridized carbons (Fsp3) is 0.413. The molecule has 0 spiro atoms. The number of aliphatic imine (C=N–C) groups is 2. The van der Waals surface area contributed by atoms with Crippen molar-refractivity contribution in [1.82, 2.24) is 88.4 Å². The number of thioether (sulfide) groups is 1. The second-order valence-electron chi connectivity index (χ2n) is 28.9. The van der Waals surface area contributed by atoms with E-state index in [0.717, 1.165) is 68.4 Å². The summed E-state index contributed by atoms with van der Waals surface area (Å²) in [5.41, 5.74) is -1.79. The number of allylic oxidation sites excluding steroid dienone is 1. The Kier molecular flexibility index (Phi) is 30.2. The highest BCUT2D eigenvalue weighted by atomic mass is 32.2. The highest BCUT2D eigenvalue weighted by molar-refractivity contribution is 8.14. The average molecular weight is 1810 g/mol. The van der Waals surface area contributed by atoms with Crippen molar-refractivity contribution in [3.63, 3.8) is 0 Å². The fourth-order valence-electron chi connectivity index (χ4n) is 12.6. The normalized spacial score (nSPS) is 25.8. The molecule has 0 saturated carbocycles. The number of aromatic nitrogens is 6. The molecule has 47 heteroatoms. The zero-order chi connectivity index (χ0) is 89.4. The van der Waals surface area contributed by atoms with Gasteiger partial charge in [0.2, 0.25) is 33.9 Å². The van der Waals surface area contributed by atoms with Gasteiger partial charge >= 0.3 is 5.97 Å². The second kappa shape index (κ2) is 39.5. The van der Waals surface area contributed by atoms with Crippen LogP contribution in [0.3, 0.4) is 0 Å². The van der Waals surface area contributed by atoms with Crippen molar-refractivity contribution < 1.29 is 96.2 Å². The van der Waals surface area contributed by atoms with Crippen molar-refractivity contribution in [2.24, 2.45) is 21.6 Å². The number of nitrogens with one attached hydrogen (secondary N) is 11. The number of carbonyl (C=O) groups is 12. The molecule has 6 aromatic rings. The van der Waals surface area contributed by atoms with Gasteiger partial charge in [0, 0.05) is 44.4 Å². The Morgan fingerprint density at radius 2 is 1.46 bits per heavy atom. The number of ether oxygens (including phenoxy) is 1. The number of aliphatic hydroxyl groups is 5. The molecule has 0 unspecified atom stereocenters. The van der Waals surface area contributed by atoms with Gasteiger partial charge in [0.15, 0.2) is 10.7 Å². The number of esters is 1. The van der Waals surface area contributed by atoms with E-state index in [4.69, 9.17) is 25.4 Å². The molecule has 0 radical (unpaired) electrons. The lowest BCUT2D eigenvalue weighted by Gasteiger charge is -2.41. The SMILES string of the molecule is C=C(NC(=O)C(=C)NC(=O)c1csc(C2=N[C@@H]3c4csc(n4)[C@H]4NC(=O)c5csc(n5)[C@H]([C@](C)(O)[C@@H](C)O)NC(=O)[C@H]5CSC(=N5)/C(=C/C)NC(=O)[C@H]([C@@H](C)O)NC(=O)c5csc(n5)[C@]3(CC2)NC(=O)[C@H](C)NC(=O)C(=C)NC(=O)[C@H](C)NC(=O)[C@H]([C@@H](C)CC)N[C@@H]2C=Cc3c([C@H](C)O)cc(nc3[C@H]2O)C(=O)O[C@@H]4C)n1)C(N)=O.O=[SH](=O)c1nccs1. The zero-order valence-corrected chi connectivity index (χ0v) is 72.6. The van der Waals surface area contributed by atoms with Crippen LogP contribution in [-0.4, -0.2) is 211 Å². The van der Waals surface area contributed by atoms with Gasteiger partial charge in [-0.1, -0.05) is 58.2 Å². The summed E-state index contributed by atoms with van der Waals surface area (Å²) in [6.07, 6.45) is -1.72. The van der Waals surface area contributed by atoms with Crippen molar-refractivity contribution in [3.05, 3.63) is 159 Å². The number of hydrogen-bond acceptors (Lipinski definition) is 35. The Labute approximate surface area is 722 Å². The van der Waals surface area contributed by atoms with Crippen LogP contribution in [0.15, 0.2) is 108 Å². The van der Waals surface area contributed by atoms with E-state index in [1.165, 1.54) is 94.4 Å². The Hall–Kier alpha value is -11.0. The minimum atomic E-state index is -2.45. The van der Waals surface area contributed by atoms with Gasteiger partial charge in [0.25, 0.3) is 35.4 Å². The molecule has 13 bridgehead atoms. The standard InChI is InChI=1S/C72H85N19O18S5.C3H3NO2S2/c1-14-26(3)47-63(105)78-30(7)57(99)75-28(5)56(98)76-31(8)58(100)91-72-19-18-40(66-85-43(22-111-66)59(101)77-29(6)55(97)74-27(4)54(73)96)81-52(72)42-21-112-67(83-42)49(34(11)109-69(107)41-20-37(32(9)92)36-16-17-39(79-47)51(95)50(36)80-41)89-60(102)44-24-113-68(86-44)53(71(13,108)35(12)94)90-62(104)45-23-110-65(84-45)38(15-2)82-64(106)48(33(10)93)88-61(103)46-25-114-70(72)87-46;5-8(6)3-4-1-2-7-3/h15-17,20-22,24-26,30-35,39,45,47-49,51-53,79,92-95,108H,4-6,14,18-19,23H2,1-3,7-13H3,(H2,73,96)(H,74,97)(H,75,99)(H,76,98)(H,77,101)(H,78,105)(H,82,106)(H,88,103)(H,89,102)(H,90,104)(H,91,100);1-2,8H/b38-15-;/t26-,30-,31-,32-,33+,34+,35+,39+,45+,47-,48-,49-,51-,52+,53+,71+,72+;/m0./s1. The van der Waals surface area contributed by atoms with Gasteiger partial charge in [-0.15, -0.1) is 68.4 Å². The molecule has 6 aromatic heterocycles. The monoisotopic (exact) mass is 1810 g/mol. The van der Waals surface area contributed by atoms with Gasteiger partial charge in [-0.3, -0.25) is 68.0 Å². The molecule has 11 rings (SSSR count). The molecule has 4 aliphatic heterocycles. The third kappa shape index (κ3) is 21.2. The Balaban J connectivity index is 0.00000184. The van der Waals surface area contributed by atoms with Gasteiger partial charge in [-0.05, 0) is 85.8 Å². The number of nitrogens with two attached hydrogens (primary N) is 1. The summed E-state index contributed by atoms with van der Waals surface area (Å²) in [4.78, 5) is 207. The van der Waals surface area contributed by atoms with E-state index in [-0.39, 0.29) is 99.0 Å². The molecule has 0 saturated heterocycles. The van der Waals surface area contributed by atoms with E-state index in [1.54, 1.807) is 32.2 Å². The van der Waals surface area contributed by atoms with E-state index >= 15 is 14.4 Å². The molecule has 17 atom stereocenters. The van der Waals surface area contributed by atoms with Gasteiger partial charge in [-0.25, -0.2) is 43.1 Å². The number of primary amides is 1. The van der Waals surface area contributed by atoms with Gasteiger partial charge in [0.05, 0.1) is 70.3 Å². The summed E-state index contributed by atoms with van der Waals surface area (Å²) in [5, 5.41) is 93.9. The number of hydrogen-bond donors (Lipinski definition) is 18. The Morgan fingerprint density at radius 1 is 0.770 bits per heavy atom. The van der Waals surface area contributed by atoms with Crippen LogP contribution in [-0.2, 0) is 59.3 Å². The van der Waals surface area contributed by atoms with Crippen LogP contribution >= 0.6 is 68.4 Å². The molecule has 122 heavy (non-hydrogen) atoms. The second-order valence-corrected chi connectivity index (χ2v) is 35.5. The van der Waals surface area contributed by atoms with Gasteiger partial charge in [0.1, 0.15) is 113 Å². The molecular weight excluding hydrogens is 1730 g/mol. The van der Waals surface area contributed by atoms with E-state index < -0.39 is 206 Å². The summed E-state index contributed by atoms with van der Waals surface area (Å²) < 4.78 is 26.5. The maximum atomic E-state index is 15.4. The van der Waals surface area contributed by atoms with Crippen molar-refractivity contribution >= 4 is 167 Å². The molecule has 40 nitrogen and oxygen atoms in total. The number of carbonyl (C=O) groups excluding carboxylic acids is 12. The van der Waals surface area contributed by atoms with Gasteiger partial charge in [-0.2, -0.15) is 0 Å². The van der Waals surface area contributed by atoms with Crippen LogP contribution in [0.2, 0.25) is 0 Å². The smallest absolute Gasteiger partial charge is 0.357 e. The Morgan fingerprint density at radius 3 is 2.11 bits per heavy atom. The van der Waals surface area contributed by atoms with Crippen LogP contribution in [0.4, 0.5) is 0 Å². The first-order valence-corrected chi connectivity index (χ1v) is 44.0. The molecule has 1 aliphatic carbocycles. The first-order chi connectivity index (χ1) is 57.5. The maximum absolute atomic E-state index is 15.4. The number of rotatable bonds is 13. The lowest BCUT2D eigenvalue weighted by molar-refractivity contribution is -0.131. The topological polar surface area (TPSA) is 610 Å². The molecule has 18 N–H and O–H groups in total. The van der Waals surface area contributed by atoms with Crippen LogP contribution in [0.5, 0.6) is 0 Å². The molecule has 10 heterocycles. The van der Waals surface area contributed by atoms with Crippen LogP contribution in [0.1, 0.15) is 203 Å². The van der Waals surface area contributed by atoms with Crippen LogP contribution in [0.25, 0.3) is 6.08 Å². The summed E-state index contributed by atoms with van der Waals surface area (Å²) >= 11 is 5.55. The summed E-state index contributed by atoms with van der Waals surface area (Å²) in [6.45, 7) is 24.9. The lowest BCUT2D eigenvalue weighted by Crippen LogP contribution is -2.57.